The molecule has 0 aliphatic carbocycles. The van der Waals surface area contributed by atoms with Crippen molar-refractivity contribution < 1.29 is 4.79 Å². The molecule has 1 aliphatic rings. The van der Waals surface area contributed by atoms with Crippen molar-refractivity contribution in [1.29, 1.82) is 0 Å². The van der Waals surface area contributed by atoms with Crippen molar-refractivity contribution in [1.82, 2.24) is 4.90 Å². The molecule has 4 rings (SSSR count). The highest BCUT2D eigenvalue weighted by molar-refractivity contribution is 6.30. The van der Waals surface area contributed by atoms with Gasteiger partial charge in [0.05, 0.1) is 0 Å². The Labute approximate surface area is 183 Å². The molecule has 0 aromatic heterocycles. The Morgan fingerprint density at radius 1 is 0.800 bits per heavy atom. The summed E-state index contributed by atoms with van der Waals surface area (Å²) in [4.78, 5) is 14.8. The lowest BCUT2D eigenvalue weighted by atomic mass is 10.1. The zero-order valence-electron chi connectivity index (χ0n) is 17.1. The second-order valence-electron chi connectivity index (χ2n) is 7.93. The minimum absolute atomic E-state index is 0.0374. The van der Waals surface area contributed by atoms with Crippen molar-refractivity contribution in [2.45, 2.75) is 32.2 Å². The summed E-state index contributed by atoms with van der Waals surface area (Å²) in [6.45, 7) is 3.46. The van der Waals surface area contributed by atoms with Gasteiger partial charge in [-0.15, -0.1) is 0 Å². The molecule has 0 bridgehead atoms. The number of halogens is 1. The zero-order chi connectivity index (χ0) is 20.8. The largest absolute Gasteiger partial charge is 0.326 e. The van der Waals surface area contributed by atoms with Gasteiger partial charge in [0.1, 0.15) is 0 Å². The van der Waals surface area contributed by atoms with E-state index in [4.69, 9.17) is 11.6 Å². The average Bonchev–Trinajstić information content (AvgIpc) is 3.28. The molecule has 0 spiro atoms. The molecule has 1 aliphatic heterocycles. The Kier molecular flexibility index (Phi) is 6.83. The highest BCUT2D eigenvalue weighted by Crippen LogP contribution is 2.23. The van der Waals surface area contributed by atoms with E-state index in [0.29, 0.717) is 6.42 Å². The number of nitrogens with zero attached hydrogens (tertiary/aromatic N) is 1. The summed E-state index contributed by atoms with van der Waals surface area (Å²) in [5, 5.41) is 3.72. The predicted octanol–water partition coefficient (Wildman–Crippen LogP) is 6.17. The number of carbonyl (C=O) groups excluding carboxylic acids is 1. The van der Waals surface area contributed by atoms with Gasteiger partial charge in [-0.1, -0.05) is 60.1 Å². The van der Waals surface area contributed by atoms with E-state index in [-0.39, 0.29) is 5.91 Å². The van der Waals surface area contributed by atoms with E-state index >= 15 is 0 Å². The third-order valence-electron chi connectivity index (χ3n) is 5.61. The van der Waals surface area contributed by atoms with Crippen LogP contribution in [0.2, 0.25) is 5.02 Å². The first-order chi connectivity index (χ1) is 14.7. The average molecular weight is 419 g/mol. The Hall–Kier alpha value is -2.62. The van der Waals surface area contributed by atoms with Crippen LogP contribution in [-0.4, -0.2) is 23.9 Å². The van der Waals surface area contributed by atoms with Crippen molar-refractivity contribution in [3.63, 3.8) is 0 Å². The van der Waals surface area contributed by atoms with Crippen LogP contribution in [0, 0.1) is 0 Å². The van der Waals surface area contributed by atoms with Crippen molar-refractivity contribution >= 4 is 23.2 Å². The number of likely N-dealkylation sites (tertiary alicyclic amines) is 1. The van der Waals surface area contributed by atoms with Gasteiger partial charge in [0, 0.05) is 23.7 Å². The molecular formula is C26H27ClN2O. The summed E-state index contributed by atoms with van der Waals surface area (Å²) in [5.74, 6) is 0.0374. The van der Waals surface area contributed by atoms with Crippen molar-refractivity contribution in [2.24, 2.45) is 0 Å². The maximum Gasteiger partial charge on any atom is 0.224 e. The number of hydrogen-bond donors (Lipinski definition) is 1. The van der Waals surface area contributed by atoms with Gasteiger partial charge in [-0.05, 0) is 78.9 Å². The molecule has 30 heavy (non-hydrogen) atoms. The van der Waals surface area contributed by atoms with Gasteiger partial charge < -0.3 is 5.32 Å². The number of aryl methyl sites for hydroxylation is 1. The first-order valence-electron chi connectivity index (χ1n) is 10.6. The van der Waals surface area contributed by atoms with Crippen LogP contribution >= 0.6 is 11.6 Å². The minimum Gasteiger partial charge on any atom is -0.326 e. The van der Waals surface area contributed by atoms with Crippen LogP contribution in [0.3, 0.4) is 0 Å². The second-order valence-corrected chi connectivity index (χ2v) is 8.37. The minimum atomic E-state index is 0.0374. The van der Waals surface area contributed by atoms with Gasteiger partial charge in [0.15, 0.2) is 0 Å². The van der Waals surface area contributed by atoms with Crippen LogP contribution in [0.15, 0.2) is 72.8 Å². The van der Waals surface area contributed by atoms with E-state index in [1.807, 2.05) is 48.5 Å². The SMILES string of the molecule is O=C(CCc1ccc(CN2CCCC2)cc1)Nc1ccc(-c2ccc(Cl)cc2)cc1. The van der Waals surface area contributed by atoms with Crippen LogP contribution in [0.4, 0.5) is 5.69 Å². The molecule has 1 N–H and O–H groups in total. The summed E-state index contributed by atoms with van der Waals surface area (Å²) in [6, 6.07) is 24.3. The lowest BCUT2D eigenvalue weighted by molar-refractivity contribution is -0.116. The topological polar surface area (TPSA) is 32.3 Å². The van der Waals surface area contributed by atoms with Crippen molar-refractivity contribution in [3.05, 3.63) is 88.9 Å². The van der Waals surface area contributed by atoms with E-state index in [9.17, 15) is 4.79 Å². The summed E-state index contributed by atoms with van der Waals surface area (Å²) in [7, 11) is 0. The van der Waals surface area contributed by atoms with Gasteiger partial charge in [0.2, 0.25) is 5.91 Å². The van der Waals surface area contributed by atoms with Gasteiger partial charge in [-0.25, -0.2) is 0 Å². The van der Waals surface area contributed by atoms with Crippen LogP contribution in [0.1, 0.15) is 30.4 Å². The smallest absolute Gasteiger partial charge is 0.224 e. The van der Waals surface area contributed by atoms with Crippen molar-refractivity contribution in [2.75, 3.05) is 18.4 Å². The van der Waals surface area contributed by atoms with E-state index in [2.05, 4.69) is 34.5 Å². The molecule has 3 aromatic rings. The van der Waals surface area contributed by atoms with Crippen LogP contribution in [-0.2, 0) is 17.8 Å². The molecule has 1 heterocycles. The highest BCUT2D eigenvalue weighted by Gasteiger charge is 2.11. The molecule has 0 saturated carbocycles. The molecular weight excluding hydrogens is 392 g/mol. The molecule has 4 heteroatoms. The summed E-state index contributed by atoms with van der Waals surface area (Å²) < 4.78 is 0. The monoisotopic (exact) mass is 418 g/mol. The third-order valence-corrected chi connectivity index (χ3v) is 5.87. The Morgan fingerprint density at radius 2 is 1.37 bits per heavy atom. The first kappa shape index (κ1) is 20.6. The summed E-state index contributed by atoms with van der Waals surface area (Å²) in [5.41, 5.74) is 5.57. The molecule has 0 atom stereocenters. The van der Waals surface area contributed by atoms with E-state index < -0.39 is 0 Å². The molecule has 0 radical (unpaired) electrons. The van der Waals surface area contributed by atoms with Gasteiger partial charge in [-0.2, -0.15) is 0 Å². The van der Waals surface area contributed by atoms with Crippen LogP contribution in [0.5, 0.6) is 0 Å². The molecule has 0 unspecified atom stereocenters. The number of hydrogen-bond acceptors (Lipinski definition) is 2. The standard InChI is InChI=1S/C26H27ClN2O/c27-24-12-8-22(9-13-24)23-10-14-25(15-11-23)28-26(30)16-7-20-3-5-21(6-4-20)19-29-17-1-2-18-29/h3-6,8-15H,1-2,7,16-19H2,(H,28,30). The number of amides is 1. The van der Waals surface area contributed by atoms with E-state index in [1.165, 1.54) is 37.1 Å². The maximum atomic E-state index is 12.3. The van der Waals surface area contributed by atoms with Crippen LogP contribution in [0.25, 0.3) is 11.1 Å². The zero-order valence-corrected chi connectivity index (χ0v) is 17.9. The number of benzene rings is 3. The normalized spacial score (nSPS) is 14.0. The Bertz CT molecular complexity index is 959. The van der Waals surface area contributed by atoms with Crippen molar-refractivity contribution in [3.8, 4) is 11.1 Å². The Balaban J connectivity index is 1.25. The maximum absolute atomic E-state index is 12.3. The molecule has 154 valence electrons. The van der Waals surface area contributed by atoms with Gasteiger partial charge in [0.25, 0.3) is 0 Å². The predicted molar refractivity (Wildman–Crippen MR) is 125 cm³/mol. The second kappa shape index (κ2) is 9.92. The quantitative estimate of drug-likeness (QED) is 0.497. The molecule has 1 fully saturated rings. The highest BCUT2D eigenvalue weighted by atomic mass is 35.5. The third kappa shape index (κ3) is 5.71. The van der Waals surface area contributed by atoms with E-state index in [1.54, 1.807) is 0 Å². The molecule has 1 amide bonds. The summed E-state index contributed by atoms with van der Waals surface area (Å²) >= 11 is 5.95. The number of nitrogens with one attached hydrogen (secondary N) is 1. The number of anilines is 1. The first-order valence-corrected chi connectivity index (χ1v) is 11.0. The number of rotatable bonds is 7. The fourth-order valence-corrected chi connectivity index (χ4v) is 4.01. The molecule has 3 aromatic carbocycles. The fraction of sp³-hybridized carbons (Fsp3) is 0.269. The lowest BCUT2D eigenvalue weighted by Crippen LogP contribution is -2.18. The lowest BCUT2D eigenvalue weighted by Gasteiger charge is -2.14. The van der Waals surface area contributed by atoms with Gasteiger partial charge in [-0.3, -0.25) is 9.69 Å². The van der Waals surface area contributed by atoms with Gasteiger partial charge >= 0.3 is 0 Å². The summed E-state index contributed by atoms with van der Waals surface area (Å²) in [6.07, 6.45) is 3.86. The number of carbonyl (C=O) groups is 1. The Morgan fingerprint density at radius 3 is 2.00 bits per heavy atom. The van der Waals surface area contributed by atoms with Crippen LogP contribution < -0.4 is 5.32 Å². The molecule has 3 nitrogen and oxygen atoms in total. The van der Waals surface area contributed by atoms with E-state index in [0.717, 1.165) is 34.8 Å². The fourth-order valence-electron chi connectivity index (χ4n) is 3.88. The molecule has 1 saturated heterocycles.